The van der Waals surface area contributed by atoms with Gasteiger partial charge in [-0.3, -0.25) is 4.99 Å². The molecule has 0 spiro atoms. The van der Waals surface area contributed by atoms with E-state index in [-0.39, 0.29) is 0 Å². The second-order valence-corrected chi connectivity index (χ2v) is 6.15. The third-order valence-electron chi connectivity index (χ3n) is 3.44. The van der Waals surface area contributed by atoms with Crippen molar-refractivity contribution in [3.8, 4) is 5.82 Å². The highest BCUT2D eigenvalue weighted by atomic mass is 16.5. The van der Waals surface area contributed by atoms with E-state index in [0.29, 0.717) is 12.5 Å². The van der Waals surface area contributed by atoms with E-state index in [9.17, 15) is 0 Å². The summed E-state index contributed by atoms with van der Waals surface area (Å²) >= 11 is 0. The standard InChI is InChI=1S/C18H28N6O/c1-15(2)14-25-11-5-7-21-18(19-3)22-13-16-6-9-20-17(12-16)24-10-4-8-23-24/h4,6,8-10,12,15H,5,7,11,13-14H2,1-3H3,(H2,19,21,22). The Kier molecular flexibility index (Phi) is 7.91. The minimum atomic E-state index is 0.578. The van der Waals surface area contributed by atoms with Crippen LogP contribution in [0, 0.1) is 5.92 Å². The zero-order chi connectivity index (χ0) is 17.9. The van der Waals surface area contributed by atoms with Gasteiger partial charge in [0.2, 0.25) is 0 Å². The van der Waals surface area contributed by atoms with E-state index in [1.54, 1.807) is 24.1 Å². The monoisotopic (exact) mass is 344 g/mol. The summed E-state index contributed by atoms with van der Waals surface area (Å²) in [6, 6.07) is 5.86. The number of rotatable bonds is 9. The summed E-state index contributed by atoms with van der Waals surface area (Å²) in [4.78, 5) is 8.57. The van der Waals surface area contributed by atoms with E-state index in [1.165, 1.54) is 0 Å². The third kappa shape index (κ3) is 6.93. The number of pyridine rings is 1. The molecular weight excluding hydrogens is 316 g/mol. The molecule has 2 aromatic heterocycles. The van der Waals surface area contributed by atoms with Gasteiger partial charge in [0, 0.05) is 51.9 Å². The Bertz CT molecular complexity index is 639. The van der Waals surface area contributed by atoms with E-state index in [4.69, 9.17) is 4.74 Å². The zero-order valence-corrected chi connectivity index (χ0v) is 15.3. The fourth-order valence-corrected chi connectivity index (χ4v) is 2.21. The molecule has 7 nitrogen and oxygen atoms in total. The summed E-state index contributed by atoms with van der Waals surface area (Å²) in [6.45, 7) is 7.38. The van der Waals surface area contributed by atoms with Gasteiger partial charge in [-0.15, -0.1) is 0 Å². The molecule has 0 aliphatic heterocycles. The van der Waals surface area contributed by atoms with Gasteiger partial charge >= 0.3 is 0 Å². The lowest BCUT2D eigenvalue weighted by atomic mass is 10.2. The molecule has 2 aromatic rings. The normalized spacial score (nSPS) is 11.8. The minimum Gasteiger partial charge on any atom is -0.381 e. The molecule has 2 N–H and O–H groups in total. The van der Waals surface area contributed by atoms with Crippen LogP contribution in [-0.4, -0.2) is 47.5 Å². The molecule has 0 amide bonds. The van der Waals surface area contributed by atoms with Crippen molar-refractivity contribution in [1.82, 2.24) is 25.4 Å². The van der Waals surface area contributed by atoms with Gasteiger partial charge in [-0.05, 0) is 36.1 Å². The van der Waals surface area contributed by atoms with Gasteiger partial charge in [0.15, 0.2) is 11.8 Å². The second kappa shape index (κ2) is 10.5. The van der Waals surface area contributed by atoms with Crippen molar-refractivity contribution in [2.24, 2.45) is 10.9 Å². The van der Waals surface area contributed by atoms with Crippen molar-refractivity contribution in [3.05, 3.63) is 42.4 Å². The largest absolute Gasteiger partial charge is 0.381 e. The Balaban J connectivity index is 1.73. The van der Waals surface area contributed by atoms with E-state index in [2.05, 4.69) is 39.6 Å². The summed E-state index contributed by atoms with van der Waals surface area (Å²) in [5, 5.41) is 10.8. The topological polar surface area (TPSA) is 76.4 Å². The molecule has 0 aliphatic carbocycles. The molecule has 0 bridgehead atoms. The molecule has 0 unspecified atom stereocenters. The Labute approximate surface area is 149 Å². The number of hydrogen-bond donors (Lipinski definition) is 2. The molecular formula is C18H28N6O. The molecule has 0 saturated carbocycles. The van der Waals surface area contributed by atoms with E-state index >= 15 is 0 Å². The maximum atomic E-state index is 5.57. The van der Waals surface area contributed by atoms with Crippen LogP contribution in [0.25, 0.3) is 5.82 Å². The van der Waals surface area contributed by atoms with Crippen LogP contribution in [0.15, 0.2) is 41.8 Å². The van der Waals surface area contributed by atoms with Crippen molar-refractivity contribution < 1.29 is 4.74 Å². The van der Waals surface area contributed by atoms with Crippen LogP contribution in [0.1, 0.15) is 25.8 Å². The number of nitrogens with one attached hydrogen (secondary N) is 2. The van der Waals surface area contributed by atoms with Crippen molar-refractivity contribution in [2.45, 2.75) is 26.8 Å². The summed E-state index contributed by atoms with van der Waals surface area (Å²) < 4.78 is 7.32. The number of ether oxygens (including phenoxy) is 1. The van der Waals surface area contributed by atoms with Crippen molar-refractivity contribution in [3.63, 3.8) is 0 Å². The van der Waals surface area contributed by atoms with Gasteiger partial charge in [-0.25, -0.2) is 9.67 Å². The molecule has 25 heavy (non-hydrogen) atoms. The first-order valence-corrected chi connectivity index (χ1v) is 8.66. The predicted octanol–water partition coefficient (Wildman–Crippen LogP) is 1.99. The molecule has 7 heteroatoms. The van der Waals surface area contributed by atoms with E-state index in [0.717, 1.165) is 43.5 Å². The lowest BCUT2D eigenvalue weighted by Crippen LogP contribution is -2.37. The average Bonchev–Trinajstić information content (AvgIpc) is 3.15. The van der Waals surface area contributed by atoms with Gasteiger partial charge in [0.05, 0.1) is 0 Å². The van der Waals surface area contributed by atoms with Crippen LogP contribution in [-0.2, 0) is 11.3 Å². The molecule has 2 heterocycles. The molecule has 0 radical (unpaired) electrons. The molecule has 0 aliphatic rings. The number of aromatic nitrogens is 3. The number of nitrogens with zero attached hydrogens (tertiary/aromatic N) is 4. The summed E-state index contributed by atoms with van der Waals surface area (Å²) in [6.07, 6.45) is 6.35. The second-order valence-electron chi connectivity index (χ2n) is 6.15. The van der Waals surface area contributed by atoms with Crippen LogP contribution in [0.2, 0.25) is 0 Å². The average molecular weight is 344 g/mol. The first-order valence-electron chi connectivity index (χ1n) is 8.66. The van der Waals surface area contributed by atoms with Crippen LogP contribution >= 0.6 is 0 Å². The Hall–Kier alpha value is -2.41. The lowest BCUT2D eigenvalue weighted by molar-refractivity contribution is 0.108. The smallest absolute Gasteiger partial charge is 0.191 e. The SMILES string of the molecule is CN=C(NCCCOCC(C)C)NCc1ccnc(-n2cccn2)c1. The minimum absolute atomic E-state index is 0.578. The van der Waals surface area contributed by atoms with Crippen molar-refractivity contribution in [1.29, 1.82) is 0 Å². The van der Waals surface area contributed by atoms with Crippen LogP contribution in [0.5, 0.6) is 0 Å². The summed E-state index contributed by atoms with van der Waals surface area (Å²) in [5.74, 6) is 2.16. The first-order chi connectivity index (χ1) is 12.2. The quantitative estimate of drug-likeness (QED) is 0.413. The van der Waals surface area contributed by atoms with Gasteiger partial charge in [-0.1, -0.05) is 13.8 Å². The Morgan fingerprint density at radius 1 is 1.32 bits per heavy atom. The molecule has 0 fully saturated rings. The lowest BCUT2D eigenvalue weighted by Gasteiger charge is -2.13. The highest BCUT2D eigenvalue weighted by molar-refractivity contribution is 5.79. The maximum absolute atomic E-state index is 5.57. The highest BCUT2D eigenvalue weighted by Gasteiger charge is 2.02. The van der Waals surface area contributed by atoms with Gasteiger partial charge in [0.25, 0.3) is 0 Å². The third-order valence-corrected chi connectivity index (χ3v) is 3.44. The maximum Gasteiger partial charge on any atom is 0.191 e. The van der Waals surface area contributed by atoms with Crippen LogP contribution in [0.3, 0.4) is 0 Å². The number of hydrogen-bond acceptors (Lipinski definition) is 4. The fourth-order valence-electron chi connectivity index (χ4n) is 2.21. The zero-order valence-electron chi connectivity index (χ0n) is 15.3. The predicted molar refractivity (Wildman–Crippen MR) is 99.8 cm³/mol. The summed E-state index contributed by atoms with van der Waals surface area (Å²) in [7, 11) is 1.77. The first kappa shape index (κ1) is 18.9. The fraction of sp³-hybridized carbons (Fsp3) is 0.500. The molecule has 0 saturated heterocycles. The molecule has 0 atom stereocenters. The molecule has 136 valence electrons. The van der Waals surface area contributed by atoms with Crippen LogP contribution in [0.4, 0.5) is 0 Å². The van der Waals surface area contributed by atoms with E-state index in [1.807, 2.05) is 24.4 Å². The number of aliphatic imine (C=N–C) groups is 1. The summed E-state index contributed by atoms with van der Waals surface area (Å²) in [5.41, 5.74) is 1.11. The van der Waals surface area contributed by atoms with Crippen molar-refractivity contribution in [2.75, 3.05) is 26.8 Å². The van der Waals surface area contributed by atoms with Gasteiger partial charge < -0.3 is 15.4 Å². The Morgan fingerprint density at radius 3 is 2.92 bits per heavy atom. The Morgan fingerprint density at radius 2 is 2.20 bits per heavy atom. The van der Waals surface area contributed by atoms with Gasteiger partial charge in [-0.2, -0.15) is 5.10 Å². The highest BCUT2D eigenvalue weighted by Crippen LogP contribution is 2.05. The van der Waals surface area contributed by atoms with Crippen molar-refractivity contribution >= 4 is 5.96 Å². The van der Waals surface area contributed by atoms with E-state index < -0.39 is 0 Å². The number of guanidine groups is 1. The molecule has 0 aromatic carbocycles. The van der Waals surface area contributed by atoms with Gasteiger partial charge in [0.1, 0.15) is 0 Å². The van der Waals surface area contributed by atoms with Crippen LogP contribution < -0.4 is 10.6 Å². The molecule has 2 rings (SSSR count).